The number of ether oxygens (including phenoxy) is 2. The molecule has 7 nitrogen and oxygen atoms in total. The molecule has 0 aromatic heterocycles. The van der Waals surface area contributed by atoms with Crippen LogP contribution in [0, 0.1) is 0 Å². The van der Waals surface area contributed by atoms with Gasteiger partial charge in [0.25, 0.3) is 5.92 Å². The number of nitrogens with one attached hydrogen (secondary N) is 1. The molecule has 27 heavy (non-hydrogen) atoms. The number of alkyl carbamates (subject to hydrolysis) is 1. The lowest BCUT2D eigenvalue weighted by molar-refractivity contribution is -0.149. The van der Waals surface area contributed by atoms with E-state index in [-0.39, 0.29) is 6.61 Å². The van der Waals surface area contributed by atoms with Crippen LogP contribution in [0.1, 0.15) is 32.8 Å². The SMILES string of the molecule is CC(C)(C)OC(=O)NCC(F)(F)C(O)C(N)CC(=O)OCc1ccccc1. The summed E-state index contributed by atoms with van der Waals surface area (Å²) in [4.78, 5) is 23.2. The van der Waals surface area contributed by atoms with Gasteiger partial charge in [-0.2, -0.15) is 0 Å². The molecule has 0 aliphatic rings. The second-order valence-electron chi connectivity index (χ2n) is 7.08. The molecule has 0 aliphatic carbocycles. The van der Waals surface area contributed by atoms with Crippen LogP contribution in [-0.4, -0.2) is 47.4 Å². The summed E-state index contributed by atoms with van der Waals surface area (Å²) in [7, 11) is 0. The van der Waals surface area contributed by atoms with Crippen LogP contribution < -0.4 is 11.1 Å². The van der Waals surface area contributed by atoms with Gasteiger partial charge in [0.05, 0.1) is 13.0 Å². The predicted octanol–water partition coefficient (Wildman–Crippen LogP) is 1.97. The van der Waals surface area contributed by atoms with Crippen molar-refractivity contribution in [3.63, 3.8) is 0 Å². The van der Waals surface area contributed by atoms with E-state index in [9.17, 15) is 23.5 Å². The van der Waals surface area contributed by atoms with Crippen molar-refractivity contribution in [3.05, 3.63) is 35.9 Å². The number of amides is 1. The predicted molar refractivity (Wildman–Crippen MR) is 94.0 cm³/mol. The standard InChI is InChI=1S/C18H26F2N2O5/c1-17(2,3)27-16(25)22-11-18(19,20)15(24)13(21)9-14(23)26-10-12-7-5-4-6-8-12/h4-8,13,15,24H,9-11,21H2,1-3H3,(H,22,25). The molecule has 9 heteroatoms. The van der Waals surface area contributed by atoms with Crippen molar-refractivity contribution < 1.29 is 33.0 Å². The molecule has 0 heterocycles. The van der Waals surface area contributed by atoms with Gasteiger partial charge in [0, 0.05) is 6.04 Å². The number of carbonyl (C=O) groups excluding carboxylic acids is 2. The molecular weight excluding hydrogens is 362 g/mol. The molecule has 4 N–H and O–H groups in total. The number of alkyl halides is 2. The number of aliphatic hydroxyl groups excluding tert-OH is 1. The molecule has 2 unspecified atom stereocenters. The van der Waals surface area contributed by atoms with Crippen molar-refractivity contribution in [1.29, 1.82) is 0 Å². The zero-order chi connectivity index (χ0) is 20.7. The maximum absolute atomic E-state index is 14.0. The molecule has 0 aliphatic heterocycles. The first-order valence-electron chi connectivity index (χ1n) is 8.38. The molecule has 1 rings (SSSR count). The van der Waals surface area contributed by atoms with Crippen molar-refractivity contribution in [3.8, 4) is 0 Å². The highest BCUT2D eigenvalue weighted by atomic mass is 19.3. The van der Waals surface area contributed by atoms with E-state index in [4.69, 9.17) is 15.2 Å². The Hall–Kier alpha value is -2.26. The Bertz CT molecular complexity index is 620. The fourth-order valence-corrected chi connectivity index (χ4v) is 2.02. The van der Waals surface area contributed by atoms with E-state index in [1.54, 1.807) is 51.1 Å². The van der Waals surface area contributed by atoms with Crippen molar-refractivity contribution >= 4 is 12.1 Å². The quantitative estimate of drug-likeness (QED) is 0.587. The third-order valence-electron chi connectivity index (χ3n) is 3.35. The number of rotatable bonds is 8. The van der Waals surface area contributed by atoms with Gasteiger partial charge in [-0.3, -0.25) is 4.79 Å². The molecule has 1 aromatic rings. The summed E-state index contributed by atoms with van der Waals surface area (Å²) >= 11 is 0. The number of hydrogen-bond acceptors (Lipinski definition) is 6. The first-order chi connectivity index (χ1) is 12.4. The van der Waals surface area contributed by atoms with Crippen molar-refractivity contribution in [2.24, 2.45) is 5.73 Å². The van der Waals surface area contributed by atoms with Crippen LogP contribution in [-0.2, 0) is 20.9 Å². The molecule has 0 fully saturated rings. The summed E-state index contributed by atoms with van der Waals surface area (Å²) in [5.41, 5.74) is 5.38. The maximum Gasteiger partial charge on any atom is 0.407 e. The number of esters is 1. The van der Waals surface area contributed by atoms with E-state index < -0.39 is 48.7 Å². The Labute approximate surface area is 156 Å². The van der Waals surface area contributed by atoms with Crippen molar-refractivity contribution in [2.75, 3.05) is 6.54 Å². The summed E-state index contributed by atoms with van der Waals surface area (Å²) in [6.45, 7) is 3.53. The molecule has 0 bridgehead atoms. The summed E-state index contributed by atoms with van der Waals surface area (Å²) < 4.78 is 37.8. The van der Waals surface area contributed by atoms with Crippen LogP contribution >= 0.6 is 0 Å². The Morgan fingerprint density at radius 1 is 1.22 bits per heavy atom. The monoisotopic (exact) mass is 388 g/mol. The minimum atomic E-state index is -3.75. The second-order valence-corrected chi connectivity index (χ2v) is 7.08. The lowest BCUT2D eigenvalue weighted by atomic mass is 10.0. The lowest BCUT2D eigenvalue weighted by Crippen LogP contribution is -2.53. The van der Waals surface area contributed by atoms with Gasteiger partial charge in [-0.1, -0.05) is 30.3 Å². The first kappa shape index (κ1) is 22.8. The van der Waals surface area contributed by atoms with Gasteiger partial charge >= 0.3 is 12.1 Å². The minimum Gasteiger partial charge on any atom is -0.461 e. The number of carbonyl (C=O) groups is 2. The van der Waals surface area contributed by atoms with Crippen molar-refractivity contribution in [2.45, 2.75) is 57.5 Å². The van der Waals surface area contributed by atoms with Crippen LogP contribution in [0.4, 0.5) is 13.6 Å². The Morgan fingerprint density at radius 2 is 1.81 bits per heavy atom. The highest BCUT2D eigenvalue weighted by molar-refractivity contribution is 5.70. The fraction of sp³-hybridized carbons (Fsp3) is 0.556. The Kier molecular flexibility index (Phi) is 8.11. The Balaban J connectivity index is 2.46. The molecule has 2 atom stereocenters. The highest BCUT2D eigenvalue weighted by Gasteiger charge is 2.43. The zero-order valence-electron chi connectivity index (χ0n) is 15.6. The molecule has 0 saturated carbocycles. The van der Waals surface area contributed by atoms with Gasteiger partial charge in [0.2, 0.25) is 0 Å². The van der Waals surface area contributed by atoms with E-state index in [2.05, 4.69) is 0 Å². The van der Waals surface area contributed by atoms with Crippen molar-refractivity contribution in [1.82, 2.24) is 5.32 Å². The van der Waals surface area contributed by atoms with Gasteiger partial charge in [0.1, 0.15) is 18.3 Å². The number of aliphatic hydroxyl groups is 1. The van der Waals surface area contributed by atoms with E-state index in [0.29, 0.717) is 0 Å². The summed E-state index contributed by atoms with van der Waals surface area (Å²) in [5, 5.41) is 11.6. The third-order valence-corrected chi connectivity index (χ3v) is 3.35. The molecule has 0 spiro atoms. The normalized spacial score (nSPS) is 14.2. The van der Waals surface area contributed by atoms with Gasteiger partial charge < -0.3 is 25.6 Å². The first-order valence-corrected chi connectivity index (χ1v) is 8.38. The fourth-order valence-electron chi connectivity index (χ4n) is 2.02. The minimum absolute atomic E-state index is 0.0287. The third kappa shape index (κ3) is 8.78. The largest absolute Gasteiger partial charge is 0.461 e. The number of hydrogen-bond donors (Lipinski definition) is 3. The Morgan fingerprint density at radius 3 is 2.37 bits per heavy atom. The molecule has 0 radical (unpaired) electrons. The molecule has 0 saturated heterocycles. The topological polar surface area (TPSA) is 111 Å². The second kappa shape index (κ2) is 9.61. The van der Waals surface area contributed by atoms with E-state index in [0.717, 1.165) is 5.56 Å². The number of nitrogens with two attached hydrogens (primary N) is 1. The summed E-state index contributed by atoms with van der Waals surface area (Å²) in [6.07, 6.45) is -4.00. The number of halogens is 2. The molecule has 1 amide bonds. The van der Waals surface area contributed by atoms with Gasteiger partial charge in [-0.15, -0.1) is 0 Å². The van der Waals surface area contributed by atoms with Crippen LogP contribution in [0.5, 0.6) is 0 Å². The smallest absolute Gasteiger partial charge is 0.407 e. The van der Waals surface area contributed by atoms with E-state index in [1.165, 1.54) is 0 Å². The van der Waals surface area contributed by atoms with E-state index >= 15 is 0 Å². The average Bonchev–Trinajstić information content (AvgIpc) is 2.57. The molecular formula is C18H26F2N2O5. The van der Waals surface area contributed by atoms with Gasteiger partial charge in [0.15, 0.2) is 0 Å². The number of benzene rings is 1. The summed E-state index contributed by atoms with van der Waals surface area (Å²) in [5.74, 6) is -4.57. The average molecular weight is 388 g/mol. The van der Waals surface area contributed by atoms with E-state index in [1.807, 2.05) is 5.32 Å². The molecule has 1 aromatic carbocycles. The lowest BCUT2D eigenvalue weighted by Gasteiger charge is -2.27. The summed E-state index contributed by atoms with van der Waals surface area (Å²) in [6, 6.07) is 7.22. The molecule has 152 valence electrons. The van der Waals surface area contributed by atoms with Crippen LogP contribution in [0.3, 0.4) is 0 Å². The van der Waals surface area contributed by atoms with Gasteiger partial charge in [-0.05, 0) is 26.3 Å². The highest BCUT2D eigenvalue weighted by Crippen LogP contribution is 2.21. The maximum atomic E-state index is 14.0. The van der Waals surface area contributed by atoms with Crippen LogP contribution in [0.2, 0.25) is 0 Å². The van der Waals surface area contributed by atoms with Crippen LogP contribution in [0.15, 0.2) is 30.3 Å². The van der Waals surface area contributed by atoms with Gasteiger partial charge in [-0.25, -0.2) is 13.6 Å². The zero-order valence-corrected chi connectivity index (χ0v) is 15.6. The van der Waals surface area contributed by atoms with Crippen LogP contribution in [0.25, 0.3) is 0 Å².